The number of hydrogen-bond acceptors (Lipinski definition) is 3. The Labute approximate surface area is 156 Å². The van der Waals surface area contributed by atoms with E-state index in [0.717, 1.165) is 35.9 Å². The molecule has 7 heteroatoms. The molecule has 27 heavy (non-hydrogen) atoms. The second-order valence-corrected chi connectivity index (χ2v) is 6.63. The molecular formula is C20H21F2N3O2. The van der Waals surface area contributed by atoms with Crippen LogP contribution in [0.4, 0.5) is 25.8 Å². The summed E-state index contributed by atoms with van der Waals surface area (Å²) in [5.74, 6) is -1.71. The Morgan fingerprint density at radius 1 is 1.19 bits per heavy atom. The summed E-state index contributed by atoms with van der Waals surface area (Å²) in [7, 11) is 0. The first-order chi connectivity index (χ1) is 12.8. The van der Waals surface area contributed by atoms with Gasteiger partial charge >= 0.3 is 0 Å². The van der Waals surface area contributed by atoms with Crippen molar-refractivity contribution in [2.24, 2.45) is 0 Å². The van der Waals surface area contributed by atoms with E-state index in [4.69, 9.17) is 0 Å². The van der Waals surface area contributed by atoms with E-state index in [9.17, 15) is 18.4 Å². The van der Waals surface area contributed by atoms with Gasteiger partial charge in [-0.3, -0.25) is 9.59 Å². The molecule has 2 aromatic carbocycles. The molecule has 1 saturated heterocycles. The van der Waals surface area contributed by atoms with Crippen molar-refractivity contribution in [1.29, 1.82) is 0 Å². The molecule has 5 nitrogen and oxygen atoms in total. The SMILES string of the molecule is Cc1cc(N[C@@H](C)C(=O)Nc2cc(F)ccc2F)ccc1N1CCCC1=O. The topological polar surface area (TPSA) is 61.4 Å². The third-order valence-electron chi connectivity index (χ3n) is 4.52. The second kappa shape index (κ2) is 7.73. The number of carbonyl (C=O) groups is 2. The maximum Gasteiger partial charge on any atom is 0.246 e. The fourth-order valence-electron chi connectivity index (χ4n) is 3.10. The predicted molar refractivity (Wildman–Crippen MR) is 101 cm³/mol. The molecule has 2 N–H and O–H groups in total. The van der Waals surface area contributed by atoms with Crippen LogP contribution in [0.5, 0.6) is 0 Å². The number of benzene rings is 2. The molecule has 1 fully saturated rings. The lowest BCUT2D eigenvalue weighted by Gasteiger charge is -2.20. The molecule has 2 amide bonds. The molecule has 3 rings (SSSR count). The minimum atomic E-state index is -0.701. The monoisotopic (exact) mass is 373 g/mol. The number of rotatable bonds is 5. The van der Waals surface area contributed by atoms with Gasteiger partial charge in [0.15, 0.2) is 0 Å². The maximum atomic E-state index is 13.7. The summed E-state index contributed by atoms with van der Waals surface area (Å²) in [6.07, 6.45) is 1.42. The highest BCUT2D eigenvalue weighted by Crippen LogP contribution is 2.27. The second-order valence-electron chi connectivity index (χ2n) is 6.63. The normalized spacial score (nSPS) is 15.0. The van der Waals surface area contributed by atoms with Crippen molar-refractivity contribution in [3.63, 3.8) is 0 Å². The van der Waals surface area contributed by atoms with Gasteiger partial charge in [0.25, 0.3) is 0 Å². The third-order valence-corrected chi connectivity index (χ3v) is 4.52. The van der Waals surface area contributed by atoms with Crippen molar-refractivity contribution in [2.45, 2.75) is 32.7 Å². The fraction of sp³-hybridized carbons (Fsp3) is 0.300. The van der Waals surface area contributed by atoms with Crippen molar-refractivity contribution in [3.8, 4) is 0 Å². The number of aryl methyl sites for hydroxylation is 1. The summed E-state index contributed by atoms with van der Waals surface area (Å²) in [4.78, 5) is 25.9. The molecule has 0 radical (unpaired) electrons. The van der Waals surface area contributed by atoms with E-state index in [1.165, 1.54) is 0 Å². The van der Waals surface area contributed by atoms with Gasteiger partial charge in [-0.15, -0.1) is 0 Å². The summed E-state index contributed by atoms with van der Waals surface area (Å²) in [5.41, 5.74) is 2.28. The van der Waals surface area contributed by atoms with E-state index >= 15 is 0 Å². The largest absolute Gasteiger partial charge is 0.374 e. The smallest absolute Gasteiger partial charge is 0.246 e. The molecule has 1 heterocycles. The first-order valence-electron chi connectivity index (χ1n) is 8.78. The summed E-state index contributed by atoms with van der Waals surface area (Å²) in [6.45, 7) is 4.24. The van der Waals surface area contributed by atoms with Crippen LogP contribution in [-0.2, 0) is 9.59 Å². The maximum absolute atomic E-state index is 13.7. The lowest BCUT2D eigenvalue weighted by atomic mass is 10.1. The molecular weight excluding hydrogens is 352 g/mol. The zero-order chi connectivity index (χ0) is 19.6. The van der Waals surface area contributed by atoms with E-state index in [1.807, 2.05) is 19.1 Å². The summed E-state index contributed by atoms with van der Waals surface area (Å²) in [5, 5.41) is 5.41. The van der Waals surface area contributed by atoms with Crippen LogP contribution in [0.25, 0.3) is 0 Å². The Morgan fingerprint density at radius 3 is 2.63 bits per heavy atom. The Bertz CT molecular complexity index is 886. The molecule has 0 aliphatic carbocycles. The minimum absolute atomic E-state index is 0.115. The van der Waals surface area contributed by atoms with Gasteiger partial charge in [-0.2, -0.15) is 0 Å². The molecule has 142 valence electrons. The molecule has 0 spiro atoms. The van der Waals surface area contributed by atoms with Gasteiger partial charge in [0.1, 0.15) is 17.7 Å². The van der Waals surface area contributed by atoms with Gasteiger partial charge < -0.3 is 15.5 Å². The average molecular weight is 373 g/mol. The van der Waals surface area contributed by atoms with Gasteiger partial charge in [-0.25, -0.2) is 8.78 Å². The van der Waals surface area contributed by atoms with E-state index < -0.39 is 23.6 Å². The molecule has 0 unspecified atom stereocenters. The Morgan fingerprint density at radius 2 is 1.96 bits per heavy atom. The number of carbonyl (C=O) groups excluding carboxylic acids is 2. The molecule has 1 aliphatic heterocycles. The Hall–Kier alpha value is -2.96. The highest BCUT2D eigenvalue weighted by atomic mass is 19.1. The first kappa shape index (κ1) is 18.8. The van der Waals surface area contributed by atoms with Crippen LogP contribution in [-0.4, -0.2) is 24.4 Å². The molecule has 0 aromatic heterocycles. The Balaban J connectivity index is 1.67. The van der Waals surface area contributed by atoms with Gasteiger partial charge in [0.2, 0.25) is 11.8 Å². The molecule has 0 saturated carbocycles. The van der Waals surface area contributed by atoms with Crippen LogP contribution in [0.3, 0.4) is 0 Å². The highest BCUT2D eigenvalue weighted by Gasteiger charge is 2.23. The summed E-state index contributed by atoms with van der Waals surface area (Å²) in [6, 6.07) is 7.70. The van der Waals surface area contributed by atoms with Crippen molar-refractivity contribution in [2.75, 3.05) is 22.1 Å². The number of nitrogens with one attached hydrogen (secondary N) is 2. The van der Waals surface area contributed by atoms with Crippen LogP contribution >= 0.6 is 0 Å². The van der Waals surface area contributed by atoms with E-state index in [2.05, 4.69) is 10.6 Å². The van der Waals surface area contributed by atoms with E-state index in [1.54, 1.807) is 17.9 Å². The van der Waals surface area contributed by atoms with Crippen LogP contribution in [0.2, 0.25) is 0 Å². The quantitative estimate of drug-likeness (QED) is 0.837. The standard InChI is InChI=1S/C20H21F2N3O2/c1-12-10-15(6-8-18(12)25-9-3-4-19(25)26)23-13(2)20(27)24-17-11-14(21)5-7-16(17)22/h5-8,10-11,13,23H,3-4,9H2,1-2H3,(H,24,27)/t13-/m0/s1. The summed E-state index contributed by atoms with van der Waals surface area (Å²) < 4.78 is 26.9. The first-order valence-corrected chi connectivity index (χ1v) is 8.78. The average Bonchev–Trinajstić information content (AvgIpc) is 3.04. The van der Waals surface area contributed by atoms with Crippen molar-refractivity contribution in [3.05, 3.63) is 53.6 Å². The van der Waals surface area contributed by atoms with Gasteiger partial charge in [0.05, 0.1) is 5.69 Å². The van der Waals surface area contributed by atoms with Crippen molar-refractivity contribution in [1.82, 2.24) is 0 Å². The molecule has 1 atom stereocenters. The van der Waals surface area contributed by atoms with Crippen LogP contribution in [0, 0.1) is 18.6 Å². The zero-order valence-electron chi connectivity index (χ0n) is 15.2. The third kappa shape index (κ3) is 4.24. The number of anilines is 3. The molecule has 0 bridgehead atoms. The number of hydrogen-bond donors (Lipinski definition) is 2. The zero-order valence-corrected chi connectivity index (χ0v) is 15.2. The molecule has 1 aliphatic rings. The minimum Gasteiger partial charge on any atom is -0.374 e. The molecule has 2 aromatic rings. The number of nitrogens with zero attached hydrogens (tertiary/aromatic N) is 1. The van der Waals surface area contributed by atoms with Gasteiger partial charge in [0, 0.05) is 30.4 Å². The van der Waals surface area contributed by atoms with E-state index in [0.29, 0.717) is 18.7 Å². The van der Waals surface area contributed by atoms with Gasteiger partial charge in [-0.1, -0.05) is 0 Å². The van der Waals surface area contributed by atoms with Crippen molar-refractivity contribution < 1.29 is 18.4 Å². The number of halogens is 2. The van der Waals surface area contributed by atoms with Gasteiger partial charge in [-0.05, 0) is 56.2 Å². The van der Waals surface area contributed by atoms with Crippen molar-refractivity contribution >= 4 is 28.9 Å². The lowest BCUT2D eigenvalue weighted by Crippen LogP contribution is -2.32. The fourth-order valence-corrected chi connectivity index (χ4v) is 3.10. The lowest BCUT2D eigenvalue weighted by molar-refractivity contribution is -0.117. The van der Waals surface area contributed by atoms with E-state index in [-0.39, 0.29) is 11.6 Å². The highest BCUT2D eigenvalue weighted by molar-refractivity contribution is 5.97. The van der Waals surface area contributed by atoms with Crippen LogP contribution in [0.15, 0.2) is 36.4 Å². The summed E-state index contributed by atoms with van der Waals surface area (Å²) >= 11 is 0. The predicted octanol–water partition coefficient (Wildman–Crippen LogP) is 3.84. The Kier molecular flexibility index (Phi) is 5.39. The van der Waals surface area contributed by atoms with Crippen LogP contribution < -0.4 is 15.5 Å². The number of amides is 2. The van der Waals surface area contributed by atoms with Crippen LogP contribution in [0.1, 0.15) is 25.3 Å².